The fourth-order valence-electron chi connectivity index (χ4n) is 9.93. The van der Waals surface area contributed by atoms with E-state index in [1.165, 1.54) is 25.7 Å². The Morgan fingerprint density at radius 1 is 0.296 bits per heavy atom. The lowest BCUT2D eigenvalue weighted by molar-refractivity contribution is -0.161. The van der Waals surface area contributed by atoms with Gasteiger partial charge < -0.3 is 33.8 Å². The normalized spacial score (nSPS) is 14.6. The topological polar surface area (TPSA) is 237 Å². The van der Waals surface area contributed by atoms with Crippen molar-refractivity contribution in [3.63, 3.8) is 0 Å². The first kappa shape index (κ1) is 93.7. The molecule has 0 rings (SSSR count). The fraction of sp³-hybridized carbons (Fsp3) is 0.722. The summed E-state index contributed by atoms with van der Waals surface area (Å²) in [6.45, 7) is 4.53. The summed E-state index contributed by atoms with van der Waals surface area (Å²) in [6, 6.07) is 0. The second-order valence-corrected chi connectivity index (χ2v) is 28.1. The van der Waals surface area contributed by atoms with E-state index in [0.29, 0.717) is 25.7 Å². The summed E-state index contributed by atoms with van der Waals surface area (Å²) in [4.78, 5) is 72.8. The van der Waals surface area contributed by atoms with Crippen LogP contribution in [0.25, 0.3) is 0 Å². The molecule has 5 atom stereocenters. The minimum atomic E-state index is -4.98. The molecule has 0 aliphatic carbocycles. The molecule has 564 valence electrons. The van der Waals surface area contributed by atoms with E-state index in [1.807, 2.05) is 0 Å². The van der Waals surface area contributed by atoms with Crippen LogP contribution in [0.1, 0.15) is 310 Å². The Bertz CT molecular complexity index is 2290. The van der Waals surface area contributed by atoms with Gasteiger partial charge in [0, 0.05) is 25.7 Å². The van der Waals surface area contributed by atoms with Gasteiger partial charge in [0.05, 0.1) is 26.4 Å². The number of carbonyl (C=O) groups excluding carboxylic acids is 4. The van der Waals surface area contributed by atoms with Crippen LogP contribution in [-0.4, -0.2) is 96.7 Å². The quantitative estimate of drug-likeness (QED) is 0.0169. The van der Waals surface area contributed by atoms with E-state index in [2.05, 4.69) is 137 Å². The van der Waals surface area contributed by atoms with Crippen LogP contribution < -0.4 is 0 Å². The molecule has 0 aromatic rings. The van der Waals surface area contributed by atoms with Gasteiger partial charge >= 0.3 is 39.5 Å². The smallest absolute Gasteiger partial charge is 0.462 e. The Balaban J connectivity index is 5.36. The first-order valence-corrected chi connectivity index (χ1v) is 41.1. The van der Waals surface area contributed by atoms with Crippen LogP contribution in [0, 0.1) is 0 Å². The maximum atomic E-state index is 13.1. The number of unbranched alkanes of at least 4 members (excludes halogenated alkanes) is 27. The van der Waals surface area contributed by atoms with Crippen molar-refractivity contribution in [2.75, 3.05) is 39.6 Å². The number of aliphatic hydroxyl groups excluding tert-OH is 1. The number of phosphoric ester groups is 2. The molecule has 98 heavy (non-hydrogen) atoms. The molecular weight excluding hydrogens is 1280 g/mol. The van der Waals surface area contributed by atoms with Crippen molar-refractivity contribution in [2.45, 2.75) is 329 Å². The molecule has 0 aliphatic heterocycles. The molecular formula is C79H136O17P2. The Labute approximate surface area is 594 Å². The monoisotopic (exact) mass is 1420 g/mol. The van der Waals surface area contributed by atoms with Crippen molar-refractivity contribution in [1.29, 1.82) is 0 Å². The van der Waals surface area contributed by atoms with Crippen molar-refractivity contribution >= 4 is 39.5 Å². The molecule has 0 heterocycles. The van der Waals surface area contributed by atoms with E-state index in [4.69, 9.17) is 37.0 Å². The van der Waals surface area contributed by atoms with Crippen molar-refractivity contribution in [3.05, 3.63) is 109 Å². The Morgan fingerprint density at radius 3 is 0.867 bits per heavy atom. The highest BCUT2D eigenvalue weighted by Gasteiger charge is 2.30. The van der Waals surface area contributed by atoms with Crippen LogP contribution >= 0.6 is 15.6 Å². The van der Waals surface area contributed by atoms with Gasteiger partial charge in [-0.25, -0.2) is 9.13 Å². The summed E-state index contributed by atoms with van der Waals surface area (Å²) in [5.74, 6) is -2.22. The predicted molar refractivity (Wildman–Crippen MR) is 399 cm³/mol. The first-order chi connectivity index (χ1) is 47.7. The maximum absolute atomic E-state index is 13.1. The third-order valence-corrected chi connectivity index (χ3v) is 17.6. The van der Waals surface area contributed by atoms with Gasteiger partial charge in [-0.3, -0.25) is 37.3 Å². The molecule has 0 spiro atoms. The van der Waals surface area contributed by atoms with Crippen molar-refractivity contribution in [1.82, 2.24) is 0 Å². The van der Waals surface area contributed by atoms with Crippen LogP contribution in [0.5, 0.6) is 0 Å². The fourth-order valence-corrected chi connectivity index (χ4v) is 11.5. The minimum absolute atomic E-state index is 0.0751. The number of rotatable bonds is 71. The Kier molecular flexibility index (Phi) is 68.0. The Morgan fingerprint density at radius 2 is 0.551 bits per heavy atom. The number of carbonyl (C=O) groups is 4. The zero-order valence-corrected chi connectivity index (χ0v) is 63.2. The van der Waals surface area contributed by atoms with E-state index in [-0.39, 0.29) is 25.7 Å². The number of hydrogen-bond donors (Lipinski definition) is 3. The number of phosphoric acid groups is 2. The number of esters is 4. The summed E-state index contributed by atoms with van der Waals surface area (Å²) in [5.41, 5.74) is 0. The minimum Gasteiger partial charge on any atom is -0.462 e. The molecule has 0 bridgehead atoms. The number of hydrogen-bond acceptors (Lipinski definition) is 15. The second-order valence-electron chi connectivity index (χ2n) is 25.2. The molecule has 0 radical (unpaired) electrons. The number of aliphatic hydroxyl groups is 1. The van der Waals surface area contributed by atoms with Gasteiger partial charge in [0.25, 0.3) is 0 Å². The molecule has 0 aromatic carbocycles. The van der Waals surface area contributed by atoms with Gasteiger partial charge in [-0.05, 0) is 141 Å². The molecule has 0 saturated carbocycles. The average Bonchev–Trinajstić information content (AvgIpc) is 0.969. The summed E-state index contributed by atoms with van der Waals surface area (Å²) < 4.78 is 68.4. The van der Waals surface area contributed by atoms with Gasteiger partial charge in [-0.2, -0.15) is 0 Å². The largest absolute Gasteiger partial charge is 0.472 e. The van der Waals surface area contributed by atoms with Crippen molar-refractivity contribution in [3.8, 4) is 0 Å². The van der Waals surface area contributed by atoms with Crippen LogP contribution in [0.2, 0.25) is 0 Å². The molecule has 0 amide bonds. The van der Waals surface area contributed by atoms with Gasteiger partial charge in [0.2, 0.25) is 0 Å². The summed E-state index contributed by atoms with van der Waals surface area (Å²) in [5, 5.41) is 10.6. The van der Waals surface area contributed by atoms with Crippen LogP contribution in [0.3, 0.4) is 0 Å². The summed E-state index contributed by atoms with van der Waals surface area (Å²) >= 11 is 0. The van der Waals surface area contributed by atoms with E-state index < -0.39 is 97.5 Å². The van der Waals surface area contributed by atoms with Crippen molar-refractivity contribution < 1.29 is 80.2 Å². The zero-order chi connectivity index (χ0) is 71.8. The maximum Gasteiger partial charge on any atom is 0.472 e. The first-order valence-electron chi connectivity index (χ1n) is 38.1. The molecule has 0 aliphatic rings. The lowest BCUT2D eigenvalue weighted by atomic mass is 10.1. The van der Waals surface area contributed by atoms with Gasteiger partial charge in [0.1, 0.15) is 19.3 Å². The molecule has 3 N–H and O–H groups in total. The number of ether oxygens (including phenoxy) is 4. The second kappa shape index (κ2) is 71.1. The highest BCUT2D eigenvalue weighted by molar-refractivity contribution is 7.47. The van der Waals surface area contributed by atoms with Crippen LogP contribution in [0.4, 0.5) is 0 Å². The molecule has 17 nitrogen and oxygen atoms in total. The Hall–Kier alpha value is -4.28. The van der Waals surface area contributed by atoms with Crippen LogP contribution in [0.15, 0.2) is 109 Å². The molecule has 0 fully saturated rings. The SMILES string of the molecule is CC/C=C\C/C=C\C/C=C\CCCCCCCCCC(=O)OCC(COP(=O)(O)OCC(O)COP(=O)(O)OCC(COC(=O)CCCCCCC/C=C\C/C=C\C/C=C\CC)OC(=O)CCCCCCC/C=C\CCCCCC)OC(=O)CCCCCCC/C=C\C/C=C\CCC. The average molecular weight is 1420 g/mol. The van der Waals surface area contributed by atoms with Crippen LogP contribution in [-0.2, 0) is 65.4 Å². The van der Waals surface area contributed by atoms with Crippen molar-refractivity contribution in [2.24, 2.45) is 0 Å². The van der Waals surface area contributed by atoms with Gasteiger partial charge in [-0.1, -0.05) is 253 Å². The third kappa shape index (κ3) is 70.2. The van der Waals surface area contributed by atoms with Gasteiger partial charge in [0.15, 0.2) is 12.2 Å². The zero-order valence-electron chi connectivity index (χ0n) is 61.4. The molecule has 19 heteroatoms. The summed E-state index contributed by atoms with van der Waals surface area (Å²) in [6.07, 6.45) is 75.0. The number of allylic oxidation sites excluding steroid dienone is 18. The molecule has 0 aromatic heterocycles. The van der Waals surface area contributed by atoms with E-state index in [1.54, 1.807) is 0 Å². The standard InChI is InChI=1S/C79H136O17P2/c1-5-9-13-17-21-25-29-33-35-36-38-42-44-48-52-56-60-64-77(82)90-70-75(96-79(84)66-62-58-54-50-46-40-32-28-24-20-16-12-8-4)72-94-98(87,88)92-68-73(80)67-91-97(85,86)93-71-74(95-78(83)65-61-57-53-49-45-39-31-27-23-19-15-11-7-3)69-89-76(81)63-59-55-51-47-43-41-37-34-30-26-22-18-14-10-6-2/h9-10,13-14,16,20-22,25-28,31-35,37,73-75,80H,5-8,11-12,15,17-19,23-24,29-30,36,38-72H2,1-4H3,(H,85,86)(H,87,88)/b13-9-,14-10-,20-16-,25-21-,26-22-,31-27-,32-28-,35-33-,37-34-. The van der Waals surface area contributed by atoms with E-state index in [0.717, 1.165) is 205 Å². The molecule has 0 saturated heterocycles. The third-order valence-electron chi connectivity index (χ3n) is 15.7. The lowest BCUT2D eigenvalue weighted by Gasteiger charge is -2.21. The lowest BCUT2D eigenvalue weighted by Crippen LogP contribution is -2.30. The predicted octanol–water partition coefficient (Wildman–Crippen LogP) is 21.8. The van der Waals surface area contributed by atoms with E-state index >= 15 is 0 Å². The van der Waals surface area contributed by atoms with Gasteiger partial charge in [-0.15, -0.1) is 0 Å². The highest BCUT2D eigenvalue weighted by Crippen LogP contribution is 2.45. The highest BCUT2D eigenvalue weighted by atomic mass is 31.2. The summed E-state index contributed by atoms with van der Waals surface area (Å²) in [7, 11) is -9.96. The molecule has 5 unspecified atom stereocenters. The van der Waals surface area contributed by atoms with E-state index in [9.17, 15) is 43.2 Å².